The van der Waals surface area contributed by atoms with Crippen molar-refractivity contribution in [3.8, 4) is 16.9 Å². The lowest BCUT2D eigenvalue weighted by atomic mass is 10.1. The molecule has 0 saturated heterocycles. The topological polar surface area (TPSA) is 45.1 Å². The van der Waals surface area contributed by atoms with E-state index in [9.17, 15) is 9.90 Å². The number of carbonyl (C=O) groups excluding carboxylic acids is 1. The van der Waals surface area contributed by atoms with E-state index in [0.29, 0.717) is 6.42 Å². The molecular formula is C20H17BrNO2-. The number of carboxylic acids is 1. The molecule has 2 aromatic carbocycles. The summed E-state index contributed by atoms with van der Waals surface area (Å²) in [5.41, 5.74) is 5.29. The standard InChI is InChI=1S/C20H18BrNO2/c1-14-2-8-17(9-3-14)22-18(11-13-20(23)24)10-12-19(22)15-4-6-16(21)7-5-15/h2-10,12H,11,13H2,1H3,(H,23,24)/p-1. The fraction of sp³-hybridized carbons (Fsp3) is 0.150. The number of carboxylic acid groups (broad SMARTS) is 1. The summed E-state index contributed by atoms with van der Waals surface area (Å²) >= 11 is 3.46. The van der Waals surface area contributed by atoms with Crippen LogP contribution < -0.4 is 5.11 Å². The van der Waals surface area contributed by atoms with E-state index >= 15 is 0 Å². The van der Waals surface area contributed by atoms with Gasteiger partial charge in [0.1, 0.15) is 0 Å². The molecule has 0 N–H and O–H groups in total. The highest BCUT2D eigenvalue weighted by Crippen LogP contribution is 2.28. The van der Waals surface area contributed by atoms with Gasteiger partial charge in [-0.1, -0.05) is 45.8 Å². The first-order chi connectivity index (χ1) is 11.5. The SMILES string of the molecule is Cc1ccc(-n2c(CCC(=O)[O-])ccc2-c2ccc(Br)cc2)cc1. The molecule has 1 heterocycles. The minimum atomic E-state index is -1.03. The molecule has 3 rings (SSSR count). The zero-order valence-electron chi connectivity index (χ0n) is 13.3. The largest absolute Gasteiger partial charge is 0.550 e. The monoisotopic (exact) mass is 382 g/mol. The van der Waals surface area contributed by atoms with Crippen LogP contribution in [0.4, 0.5) is 0 Å². The van der Waals surface area contributed by atoms with Gasteiger partial charge in [-0.25, -0.2) is 0 Å². The van der Waals surface area contributed by atoms with Gasteiger partial charge in [-0.05, 0) is 61.7 Å². The maximum Gasteiger partial charge on any atom is 0.0531 e. The highest BCUT2D eigenvalue weighted by molar-refractivity contribution is 9.10. The highest BCUT2D eigenvalue weighted by atomic mass is 79.9. The summed E-state index contributed by atoms with van der Waals surface area (Å²) in [6.07, 6.45) is 0.447. The summed E-state index contributed by atoms with van der Waals surface area (Å²) < 4.78 is 3.14. The first kappa shape index (κ1) is 16.5. The van der Waals surface area contributed by atoms with Crippen molar-refractivity contribution < 1.29 is 9.90 Å². The molecule has 1 aromatic heterocycles. The summed E-state index contributed by atoms with van der Waals surface area (Å²) in [5.74, 6) is -1.03. The molecule has 0 fully saturated rings. The maximum atomic E-state index is 10.9. The Kier molecular flexibility index (Phi) is 4.86. The van der Waals surface area contributed by atoms with Crippen molar-refractivity contribution in [2.75, 3.05) is 0 Å². The molecular weight excluding hydrogens is 366 g/mol. The molecule has 4 heteroatoms. The first-order valence-corrected chi connectivity index (χ1v) is 8.57. The number of aryl methyl sites for hydroxylation is 2. The predicted molar refractivity (Wildman–Crippen MR) is 97.0 cm³/mol. The Morgan fingerprint density at radius 1 is 1.00 bits per heavy atom. The third kappa shape index (κ3) is 3.60. The van der Waals surface area contributed by atoms with Crippen molar-refractivity contribution in [2.24, 2.45) is 0 Å². The van der Waals surface area contributed by atoms with Crippen molar-refractivity contribution in [1.29, 1.82) is 0 Å². The van der Waals surface area contributed by atoms with Gasteiger partial charge in [0, 0.05) is 21.8 Å². The highest BCUT2D eigenvalue weighted by Gasteiger charge is 2.12. The molecule has 0 spiro atoms. The van der Waals surface area contributed by atoms with Crippen molar-refractivity contribution in [3.05, 3.63) is 76.4 Å². The van der Waals surface area contributed by atoms with Crippen LogP contribution in [0.5, 0.6) is 0 Å². The van der Waals surface area contributed by atoms with Crippen molar-refractivity contribution in [3.63, 3.8) is 0 Å². The van der Waals surface area contributed by atoms with Gasteiger partial charge in [-0.3, -0.25) is 0 Å². The third-order valence-electron chi connectivity index (χ3n) is 3.98. The van der Waals surface area contributed by atoms with E-state index < -0.39 is 5.97 Å². The Morgan fingerprint density at radius 2 is 1.67 bits per heavy atom. The van der Waals surface area contributed by atoms with E-state index in [0.717, 1.165) is 27.1 Å². The number of nitrogens with zero attached hydrogens (tertiary/aromatic N) is 1. The van der Waals surface area contributed by atoms with E-state index in [1.807, 2.05) is 43.3 Å². The number of aliphatic carboxylic acids is 1. The molecule has 24 heavy (non-hydrogen) atoms. The van der Waals surface area contributed by atoms with Crippen LogP contribution in [0, 0.1) is 6.92 Å². The van der Waals surface area contributed by atoms with Crippen LogP contribution in [-0.2, 0) is 11.2 Å². The molecule has 0 aliphatic carbocycles. The Balaban J connectivity index is 2.09. The smallest absolute Gasteiger partial charge is 0.0531 e. The molecule has 0 saturated carbocycles. The molecule has 3 aromatic rings. The van der Waals surface area contributed by atoms with Crippen LogP contribution in [0.3, 0.4) is 0 Å². The number of hydrogen-bond donors (Lipinski definition) is 0. The molecule has 0 aliphatic heterocycles. The average Bonchev–Trinajstić information content (AvgIpc) is 2.98. The molecule has 0 aliphatic rings. The number of rotatable bonds is 5. The molecule has 0 bridgehead atoms. The second-order valence-electron chi connectivity index (χ2n) is 5.76. The van der Waals surface area contributed by atoms with Crippen LogP contribution >= 0.6 is 15.9 Å². The number of halogens is 1. The second-order valence-corrected chi connectivity index (χ2v) is 6.68. The van der Waals surface area contributed by atoms with E-state index in [1.165, 1.54) is 5.56 Å². The second kappa shape index (κ2) is 7.05. The molecule has 0 atom stereocenters. The molecule has 0 unspecified atom stereocenters. The van der Waals surface area contributed by atoms with Crippen LogP contribution in [0.25, 0.3) is 16.9 Å². The summed E-state index contributed by atoms with van der Waals surface area (Å²) in [4.78, 5) is 10.9. The van der Waals surface area contributed by atoms with E-state index in [4.69, 9.17) is 0 Å². The predicted octanol–water partition coefficient (Wildman–Crippen LogP) is 3.90. The van der Waals surface area contributed by atoms with Gasteiger partial charge in [0.25, 0.3) is 0 Å². The van der Waals surface area contributed by atoms with E-state index in [1.54, 1.807) is 0 Å². The number of carbonyl (C=O) groups is 1. The summed E-state index contributed by atoms with van der Waals surface area (Å²) in [6, 6.07) is 20.4. The third-order valence-corrected chi connectivity index (χ3v) is 4.51. The quantitative estimate of drug-likeness (QED) is 0.671. The Morgan fingerprint density at radius 3 is 2.29 bits per heavy atom. The number of benzene rings is 2. The zero-order valence-corrected chi connectivity index (χ0v) is 14.9. The van der Waals surface area contributed by atoms with Crippen molar-refractivity contribution in [1.82, 2.24) is 4.57 Å². The molecule has 3 nitrogen and oxygen atoms in total. The lowest BCUT2D eigenvalue weighted by Gasteiger charge is -2.15. The molecule has 0 amide bonds. The zero-order chi connectivity index (χ0) is 17.1. The van der Waals surface area contributed by atoms with E-state index in [2.05, 4.69) is 44.8 Å². The van der Waals surface area contributed by atoms with Gasteiger partial charge in [0.05, 0.1) is 5.69 Å². The molecule has 0 radical (unpaired) electrons. The normalized spacial score (nSPS) is 10.8. The first-order valence-electron chi connectivity index (χ1n) is 7.78. The summed E-state index contributed by atoms with van der Waals surface area (Å²) in [6.45, 7) is 2.05. The average molecular weight is 383 g/mol. The molecule has 122 valence electrons. The van der Waals surface area contributed by atoms with Gasteiger partial charge in [0.15, 0.2) is 0 Å². The Hall–Kier alpha value is -2.33. The summed E-state index contributed by atoms with van der Waals surface area (Å²) in [5, 5.41) is 10.9. The van der Waals surface area contributed by atoms with Gasteiger partial charge in [0.2, 0.25) is 0 Å². The van der Waals surface area contributed by atoms with E-state index in [-0.39, 0.29) is 6.42 Å². The fourth-order valence-electron chi connectivity index (χ4n) is 2.75. The minimum absolute atomic E-state index is 0.00958. The minimum Gasteiger partial charge on any atom is -0.550 e. The van der Waals surface area contributed by atoms with Gasteiger partial charge >= 0.3 is 0 Å². The van der Waals surface area contributed by atoms with Crippen LogP contribution in [0.2, 0.25) is 0 Å². The fourth-order valence-corrected chi connectivity index (χ4v) is 3.01. The van der Waals surface area contributed by atoms with Crippen molar-refractivity contribution >= 4 is 21.9 Å². The van der Waals surface area contributed by atoms with Crippen LogP contribution in [0.15, 0.2) is 65.1 Å². The Labute approximate surface area is 149 Å². The van der Waals surface area contributed by atoms with Gasteiger partial charge < -0.3 is 14.5 Å². The Bertz CT molecular complexity index is 848. The number of hydrogen-bond acceptors (Lipinski definition) is 2. The van der Waals surface area contributed by atoms with Crippen LogP contribution in [-0.4, -0.2) is 10.5 Å². The van der Waals surface area contributed by atoms with Crippen LogP contribution in [0.1, 0.15) is 17.7 Å². The van der Waals surface area contributed by atoms with Crippen molar-refractivity contribution in [2.45, 2.75) is 19.8 Å². The maximum absolute atomic E-state index is 10.9. The lowest BCUT2D eigenvalue weighted by molar-refractivity contribution is -0.305. The lowest BCUT2D eigenvalue weighted by Crippen LogP contribution is -2.22. The van der Waals surface area contributed by atoms with Gasteiger partial charge in [-0.2, -0.15) is 0 Å². The van der Waals surface area contributed by atoms with Gasteiger partial charge in [-0.15, -0.1) is 0 Å². The number of aromatic nitrogens is 1. The summed E-state index contributed by atoms with van der Waals surface area (Å²) in [7, 11) is 0.